The molecular formula is C15H17N3O3. The zero-order valence-corrected chi connectivity index (χ0v) is 11.8. The summed E-state index contributed by atoms with van der Waals surface area (Å²) in [5.41, 5.74) is 1.30. The zero-order chi connectivity index (χ0) is 14.8. The van der Waals surface area contributed by atoms with E-state index >= 15 is 0 Å². The van der Waals surface area contributed by atoms with Crippen molar-refractivity contribution in [2.45, 2.75) is 25.8 Å². The third-order valence-electron chi connectivity index (χ3n) is 3.94. The molecule has 6 nitrogen and oxygen atoms in total. The molecule has 0 spiro atoms. The maximum Gasteiger partial charge on any atom is 0.358 e. The van der Waals surface area contributed by atoms with Gasteiger partial charge in [-0.05, 0) is 30.9 Å². The molecule has 1 heterocycles. The molecular weight excluding hydrogens is 270 g/mol. The molecule has 0 saturated heterocycles. The quantitative estimate of drug-likeness (QED) is 0.914. The van der Waals surface area contributed by atoms with Crippen LogP contribution < -0.4 is 4.74 Å². The molecule has 0 bridgehead atoms. The minimum Gasteiger partial charge on any atom is -0.497 e. The van der Waals surface area contributed by atoms with Gasteiger partial charge in [-0.25, -0.2) is 9.48 Å². The number of rotatable bonds is 5. The summed E-state index contributed by atoms with van der Waals surface area (Å²) < 4.78 is 6.92. The number of carboxylic acid groups (broad SMARTS) is 1. The second kappa shape index (κ2) is 5.55. The Balaban J connectivity index is 2.03. The number of hydrogen-bond acceptors (Lipinski definition) is 4. The highest BCUT2D eigenvalue weighted by Gasteiger charge is 2.25. The lowest BCUT2D eigenvalue weighted by atomic mass is 9.85. The van der Waals surface area contributed by atoms with Crippen molar-refractivity contribution in [2.24, 2.45) is 5.92 Å². The van der Waals surface area contributed by atoms with Crippen LogP contribution in [-0.2, 0) is 6.54 Å². The summed E-state index contributed by atoms with van der Waals surface area (Å²) in [5, 5.41) is 17.2. The Kier molecular flexibility index (Phi) is 3.60. The normalized spacial score (nSPS) is 14.7. The van der Waals surface area contributed by atoms with Gasteiger partial charge in [-0.1, -0.05) is 23.8 Å². The van der Waals surface area contributed by atoms with E-state index in [1.165, 1.54) is 19.3 Å². The van der Waals surface area contributed by atoms with Crippen LogP contribution in [0.15, 0.2) is 24.3 Å². The summed E-state index contributed by atoms with van der Waals surface area (Å²) in [5.74, 6) is 0.186. The number of aromatic nitrogens is 3. The van der Waals surface area contributed by atoms with Crippen LogP contribution in [-0.4, -0.2) is 33.2 Å². The average Bonchev–Trinajstić information content (AvgIpc) is 2.87. The molecule has 110 valence electrons. The third-order valence-corrected chi connectivity index (χ3v) is 3.94. The summed E-state index contributed by atoms with van der Waals surface area (Å²) in [6.07, 6.45) is 3.57. The highest BCUT2D eigenvalue weighted by atomic mass is 16.5. The van der Waals surface area contributed by atoms with Crippen LogP contribution in [0.1, 0.15) is 29.8 Å². The maximum atomic E-state index is 11.4. The van der Waals surface area contributed by atoms with Crippen molar-refractivity contribution in [3.05, 3.63) is 30.0 Å². The summed E-state index contributed by atoms with van der Waals surface area (Å²) in [4.78, 5) is 11.4. The van der Waals surface area contributed by atoms with E-state index in [0.717, 1.165) is 5.56 Å². The molecule has 1 fully saturated rings. The second-order valence-electron chi connectivity index (χ2n) is 5.30. The van der Waals surface area contributed by atoms with E-state index in [1.54, 1.807) is 11.8 Å². The van der Waals surface area contributed by atoms with E-state index < -0.39 is 5.97 Å². The molecule has 21 heavy (non-hydrogen) atoms. The van der Waals surface area contributed by atoms with Gasteiger partial charge in [0.05, 0.1) is 7.11 Å². The van der Waals surface area contributed by atoms with Gasteiger partial charge in [0.2, 0.25) is 0 Å². The summed E-state index contributed by atoms with van der Waals surface area (Å²) >= 11 is 0. The molecule has 0 unspecified atom stereocenters. The first-order valence-electron chi connectivity index (χ1n) is 7.00. The van der Waals surface area contributed by atoms with Gasteiger partial charge in [0.1, 0.15) is 11.4 Å². The molecule has 1 aliphatic rings. The number of ether oxygens (including phenoxy) is 1. The Bertz CT molecular complexity index is 662. The van der Waals surface area contributed by atoms with Crippen molar-refractivity contribution in [2.75, 3.05) is 7.11 Å². The standard InChI is InChI=1S/C15H17N3O3/c1-21-12-7-3-6-11(8-12)14-13(15(19)20)16-17-18(14)9-10-4-2-5-10/h3,6-8,10H,2,4-5,9H2,1H3,(H,19,20). The molecule has 1 aliphatic carbocycles. The molecule has 0 atom stereocenters. The third kappa shape index (κ3) is 2.61. The average molecular weight is 287 g/mol. The smallest absolute Gasteiger partial charge is 0.358 e. The molecule has 3 rings (SSSR count). The van der Waals surface area contributed by atoms with E-state index in [4.69, 9.17) is 4.74 Å². The topological polar surface area (TPSA) is 77.2 Å². The van der Waals surface area contributed by atoms with Crippen molar-refractivity contribution in [3.8, 4) is 17.0 Å². The van der Waals surface area contributed by atoms with E-state index in [9.17, 15) is 9.90 Å². The van der Waals surface area contributed by atoms with Gasteiger partial charge >= 0.3 is 5.97 Å². The Morgan fingerprint density at radius 1 is 1.48 bits per heavy atom. The molecule has 0 aliphatic heterocycles. The number of carboxylic acids is 1. The largest absolute Gasteiger partial charge is 0.497 e. The Morgan fingerprint density at radius 2 is 2.29 bits per heavy atom. The molecule has 0 radical (unpaired) electrons. The van der Waals surface area contributed by atoms with Gasteiger partial charge in [0, 0.05) is 12.1 Å². The maximum absolute atomic E-state index is 11.4. The first-order valence-corrected chi connectivity index (χ1v) is 7.00. The van der Waals surface area contributed by atoms with Crippen molar-refractivity contribution < 1.29 is 14.6 Å². The van der Waals surface area contributed by atoms with Gasteiger partial charge < -0.3 is 9.84 Å². The number of benzene rings is 1. The van der Waals surface area contributed by atoms with Crippen LogP contribution in [0, 0.1) is 5.92 Å². The molecule has 6 heteroatoms. The summed E-state index contributed by atoms with van der Waals surface area (Å²) in [6.45, 7) is 0.715. The molecule has 2 aromatic rings. The van der Waals surface area contributed by atoms with Gasteiger partial charge in [0.15, 0.2) is 5.69 Å². The van der Waals surface area contributed by atoms with Crippen LogP contribution in [0.5, 0.6) is 5.75 Å². The van der Waals surface area contributed by atoms with Crippen LogP contribution >= 0.6 is 0 Å². The fourth-order valence-electron chi connectivity index (χ4n) is 2.56. The van der Waals surface area contributed by atoms with Gasteiger partial charge in [-0.15, -0.1) is 5.10 Å². The lowest BCUT2D eigenvalue weighted by molar-refractivity contribution is 0.0691. The first kappa shape index (κ1) is 13.6. The van der Waals surface area contributed by atoms with Crippen LogP contribution in [0.3, 0.4) is 0 Å². The Morgan fingerprint density at radius 3 is 2.90 bits per heavy atom. The fraction of sp³-hybridized carbons (Fsp3) is 0.400. The lowest BCUT2D eigenvalue weighted by Crippen LogP contribution is -2.19. The zero-order valence-electron chi connectivity index (χ0n) is 11.8. The minimum absolute atomic E-state index is 0.0115. The SMILES string of the molecule is COc1cccc(-c2c(C(=O)O)nnn2CC2CCC2)c1. The van der Waals surface area contributed by atoms with E-state index in [-0.39, 0.29) is 5.69 Å². The molecule has 1 aromatic carbocycles. The van der Waals surface area contributed by atoms with Crippen molar-refractivity contribution in [3.63, 3.8) is 0 Å². The van der Waals surface area contributed by atoms with E-state index in [1.807, 2.05) is 24.3 Å². The summed E-state index contributed by atoms with van der Waals surface area (Å²) in [6, 6.07) is 7.32. The van der Waals surface area contributed by atoms with Gasteiger partial charge in [0.25, 0.3) is 0 Å². The van der Waals surface area contributed by atoms with Crippen LogP contribution in [0.4, 0.5) is 0 Å². The number of carbonyl (C=O) groups is 1. The van der Waals surface area contributed by atoms with E-state index in [2.05, 4.69) is 10.3 Å². The van der Waals surface area contributed by atoms with Crippen LogP contribution in [0.2, 0.25) is 0 Å². The molecule has 1 aromatic heterocycles. The highest BCUT2D eigenvalue weighted by molar-refractivity contribution is 5.92. The number of nitrogens with zero attached hydrogens (tertiary/aromatic N) is 3. The summed E-state index contributed by atoms with van der Waals surface area (Å²) in [7, 11) is 1.58. The monoisotopic (exact) mass is 287 g/mol. The van der Waals surface area contributed by atoms with Gasteiger partial charge in [-0.2, -0.15) is 0 Å². The minimum atomic E-state index is -1.06. The molecule has 1 saturated carbocycles. The first-order chi connectivity index (χ1) is 10.2. The van der Waals surface area contributed by atoms with Crippen molar-refractivity contribution in [1.82, 2.24) is 15.0 Å². The molecule has 0 amide bonds. The lowest BCUT2D eigenvalue weighted by Gasteiger charge is -2.25. The van der Waals surface area contributed by atoms with Crippen molar-refractivity contribution in [1.29, 1.82) is 0 Å². The number of hydrogen-bond donors (Lipinski definition) is 1. The number of methoxy groups -OCH3 is 1. The second-order valence-corrected chi connectivity index (χ2v) is 5.30. The Hall–Kier alpha value is -2.37. The number of aromatic carboxylic acids is 1. The highest BCUT2D eigenvalue weighted by Crippen LogP contribution is 2.31. The molecule has 1 N–H and O–H groups in total. The predicted molar refractivity (Wildman–Crippen MR) is 76.3 cm³/mol. The van der Waals surface area contributed by atoms with Crippen molar-refractivity contribution >= 4 is 5.97 Å². The van der Waals surface area contributed by atoms with Gasteiger partial charge in [-0.3, -0.25) is 0 Å². The fourth-order valence-corrected chi connectivity index (χ4v) is 2.56. The van der Waals surface area contributed by atoms with Crippen LogP contribution in [0.25, 0.3) is 11.3 Å². The Labute approximate surface area is 122 Å². The van der Waals surface area contributed by atoms with E-state index in [0.29, 0.717) is 23.9 Å². The predicted octanol–water partition coefficient (Wildman–Crippen LogP) is 2.45.